The van der Waals surface area contributed by atoms with E-state index in [4.69, 9.17) is 4.74 Å². The number of rotatable bonds is 3. The Morgan fingerprint density at radius 1 is 0.900 bits per heavy atom. The average molecular weight is 304 g/mol. The van der Waals surface area contributed by atoms with Gasteiger partial charge in [-0.3, -0.25) is 0 Å². The SMILES string of the molecule is CSc1ccc(C(=O)OC(=O)c2ccc(S)cc2)cc1. The van der Waals surface area contributed by atoms with Crippen molar-refractivity contribution in [3.8, 4) is 0 Å². The maximum Gasteiger partial charge on any atom is 0.346 e. The molecule has 0 unspecified atom stereocenters. The van der Waals surface area contributed by atoms with Gasteiger partial charge in [0.05, 0.1) is 11.1 Å². The van der Waals surface area contributed by atoms with Gasteiger partial charge in [0.2, 0.25) is 0 Å². The van der Waals surface area contributed by atoms with E-state index in [9.17, 15) is 9.59 Å². The molecule has 0 aliphatic heterocycles. The fourth-order valence-corrected chi connectivity index (χ4v) is 2.08. The topological polar surface area (TPSA) is 43.4 Å². The molecule has 102 valence electrons. The van der Waals surface area contributed by atoms with Crippen molar-refractivity contribution in [3.05, 3.63) is 59.7 Å². The minimum absolute atomic E-state index is 0.317. The molecule has 0 radical (unpaired) electrons. The first-order chi connectivity index (χ1) is 9.60. The van der Waals surface area contributed by atoms with E-state index in [1.807, 2.05) is 6.26 Å². The number of benzene rings is 2. The summed E-state index contributed by atoms with van der Waals surface area (Å²) in [5, 5.41) is 0. The number of hydrogen-bond donors (Lipinski definition) is 1. The highest BCUT2D eigenvalue weighted by atomic mass is 32.2. The molecule has 0 aliphatic carbocycles. The van der Waals surface area contributed by atoms with Crippen LogP contribution >= 0.6 is 24.4 Å². The van der Waals surface area contributed by atoms with E-state index in [0.717, 1.165) is 9.79 Å². The van der Waals surface area contributed by atoms with Gasteiger partial charge in [-0.1, -0.05) is 0 Å². The second kappa shape index (κ2) is 6.63. The zero-order valence-electron chi connectivity index (χ0n) is 10.7. The molecule has 2 aromatic rings. The normalized spacial score (nSPS) is 10.1. The van der Waals surface area contributed by atoms with Crippen LogP contribution in [-0.2, 0) is 4.74 Å². The molecule has 2 rings (SSSR count). The Balaban J connectivity index is 2.06. The van der Waals surface area contributed by atoms with Crippen LogP contribution in [0.3, 0.4) is 0 Å². The lowest BCUT2D eigenvalue weighted by Crippen LogP contribution is -2.12. The quantitative estimate of drug-likeness (QED) is 0.406. The molecule has 0 atom stereocenters. The largest absolute Gasteiger partial charge is 0.386 e. The first-order valence-electron chi connectivity index (χ1n) is 5.80. The minimum atomic E-state index is -0.669. The summed E-state index contributed by atoms with van der Waals surface area (Å²) in [6.45, 7) is 0. The summed E-state index contributed by atoms with van der Waals surface area (Å²) < 4.78 is 4.83. The molecule has 0 amide bonds. The molecular weight excluding hydrogens is 292 g/mol. The van der Waals surface area contributed by atoms with Crippen molar-refractivity contribution >= 4 is 36.3 Å². The van der Waals surface area contributed by atoms with E-state index in [2.05, 4.69) is 12.6 Å². The average Bonchev–Trinajstić information content (AvgIpc) is 2.48. The van der Waals surface area contributed by atoms with Crippen LogP contribution in [0.1, 0.15) is 20.7 Å². The molecule has 0 N–H and O–H groups in total. The smallest absolute Gasteiger partial charge is 0.346 e. The highest BCUT2D eigenvalue weighted by molar-refractivity contribution is 7.98. The van der Waals surface area contributed by atoms with Gasteiger partial charge in [0.25, 0.3) is 0 Å². The Bertz CT molecular complexity index is 619. The molecule has 0 heterocycles. The Labute approximate surface area is 126 Å². The highest BCUT2D eigenvalue weighted by Gasteiger charge is 2.14. The van der Waals surface area contributed by atoms with Crippen LogP contribution < -0.4 is 0 Å². The highest BCUT2D eigenvalue weighted by Crippen LogP contribution is 2.16. The summed E-state index contributed by atoms with van der Waals surface area (Å²) in [6.07, 6.45) is 1.95. The summed E-state index contributed by atoms with van der Waals surface area (Å²) in [6, 6.07) is 13.3. The van der Waals surface area contributed by atoms with Gasteiger partial charge in [-0.2, -0.15) is 0 Å². The van der Waals surface area contributed by atoms with Crippen LogP contribution in [0.5, 0.6) is 0 Å². The number of hydrogen-bond acceptors (Lipinski definition) is 5. The molecule has 0 aliphatic rings. The van der Waals surface area contributed by atoms with Crippen molar-refractivity contribution in [2.75, 3.05) is 6.26 Å². The third kappa shape index (κ3) is 3.65. The van der Waals surface area contributed by atoms with Crippen molar-refractivity contribution in [3.63, 3.8) is 0 Å². The second-order valence-corrected chi connectivity index (χ2v) is 5.35. The Morgan fingerprint density at radius 2 is 1.35 bits per heavy atom. The van der Waals surface area contributed by atoms with Gasteiger partial charge in [0.1, 0.15) is 0 Å². The maximum atomic E-state index is 11.8. The standard InChI is InChI=1S/C15H12O3S2/c1-20-13-8-4-11(5-9-13)15(17)18-14(16)10-2-6-12(19)7-3-10/h2-9,19H,1H3. The van der Waals surface area contributed by atoms with Crippen molar-refractivity contribution in [1.82, 2.24) is 0 Å². The van der Waals surface area contributed by atoms with Gasteiger partial charge < -0.3 is 4.74 Å². The van der Waals surface area contributed by atoms with Gasteiger partial charge in [0, 0.05) is 9.79 Å². The predicted molar refractivity (Wildman–Crippen MR) is 81.7 cm³/mol. The molecule has 2 aromatic carbocycles. The predicted octanol–water partition coefficient (Wildman–Crippen LogP) is 3.69. The van der Waals surface area contributed by atoms with Gasteiger partial charge in [-0.25, -0.2) is 9.59 Å². The van der Waals surface area contributed by atoms with Crippen molar-refractivity contribution < 1.29 is 14.3 Å². The summed E-state index contributed by atoms with van der Waals surface area (Å²) in [5.74, 6) is -1.32. The summed E-state index contributed by atoms with van der Waals surface area (Å²) in [7, 11) is 0. The molecule has 5 heteroatoms. The van der Waals surface area contributed by atoms with Crippen molar-refractivity contribution in [1.29, 1.82) is 0 Å². The lowest BCUT2D eigenvalue weighted by Gasteiger charge is -2.04. The number of ether oxygens (including phenoxy) is 1. The first kappa shape index (κ1) is 14.7. The van der Waals surface area contributed by atoms with Crippen LogP contribution in [0, 0.1) is 0 Å². The van der Waals surface area contributed by atoms with E-state index in [-0.39, 0.29) is 0 Å². The third-order valence-electron chi connectivity index (χ3n) is 2.61. The number of carbonyl (C=O) groups is 2. The summed E-state index contributed by atoms with van der Waals surface area (Å²) in [4.78, 5) is 25.4. The molecule has 0 aromatic heterocycles. The summed E-state index contributed by atoms with van der Waals surface area (Å²) >= 11 is 5.70. The van der Waals surface area contributed by atoms with Gasteiger partial charge in [0.15, 0.2) is 0 Å². The molecule has 0 saturated heterocycles. The third-order valence-corrected chi connectivity index (χ3v) is 3.66. The van der Waals surface area contributed by atoms with Crippen LogP contribution in [0.2, 0.25) is 0 Å². The van der Waals surface area contributed by atoms with Crippen molar-refractivity contribution in [2.45, 2.75) is 9.79 Å². The van der Waals surface area contributed by atoms with E-state index in [0.29, 0.717) is 11.1 Å². The van der Waals surface area contributed by atoms with Gasteiger partial charge in [-0.05, 0) is 54.8 Å². The molecule has 0 spiro atoms. The number of carbonyl (C=O) groups excluding carboxylic acids is 2. The molecule has 0 bridgehead atoms. The van der Waals surface area contributed by atoms with E-state index < -0.39 is 11.9 Å². The molecule has 0 saturated carbocycles. The molecule has 3 nitrogen and oxygen atoms in total. The second-order valence-electron chi connectivity index (χ2n) is 3.95. The van der Waals surface area contributed by atoms with E-state index in [1.54, 1.807) is 60.3 Å². The van der Waals surface area contributed by atoms with Crippen LogP contribution in [0.4, 0.5) is 0 Å². The fourth-order valence-electron chi connectivity index (χ4n) is 1.53. The lowest BCUT2D eigenvalue weighted by atomic mass is 10.2. The maximum absolute atomic E-state index is 11.8. The van der Waals surface area contributed by atoms with Crippen LogP contribution in [-0.4, -0.2) is 18.2 Å². The Hall–Kier alpha value is -1.72. The Kier molecular flexibility index (Phi) is 4.87. The monoisotopic (exact) mass is 304 g/mol. The minimum Gasteiger partial charge on any atom is -0.386 e. The van der Waals surface area contributed by atoms with E-state index >= 15 is 0 Å². The van der Waals surface area contributed by atoms with E-state index in [1.165, 1.54) is 0 Å². The molecular formula is C15H12O3S2. The molecule has 0 fully saturated rings. The van der Waals surface area contributed by atoms with Crippen LogP contribution in [0.25, 0.3) is 0 Å². The summed E-state index contributed by atoms with van der Waals surface area (Å²) in [5.41, 5.74) is 0.666. The zero-order valence-corrected chi connectivity index (χ0v) is 12.4. The number of esters is 2. The number of thiol groups is 1. The van der Waals surface area contributed by atoms with Crippen LogP contribution in [0.15, 0.2) is 58.3 Å². The van der Waals surface area contributed by atoms with Gasteiger partial charge in [-0.15, -0.1) is 24.4 Å². The van der Waals surface area contributed by atoms with Crippen molar-refractivity contribution in [2.24, 2.45) is 0 Å². The number of thioether (sulfide) groups is 1. The van der Waals surface area contributed by atoms with Gasteiger partial charge >= 0.3 is 11.9 Å². The Morgan fingerprint density at radius 3 is 1.80 bits per heavy atom. The molecule has 20 heavy (non-hydrogen) atoms. The zero-order chi connectivity index (χ0) is 14.5. The first-order valence-corrected chi connectivity index (χ1v) is 7.47. The lowest BCUT2D eigenvalue weighted by molar-refractivity contribution is 0.0397. The fraction of sp³-hybridized carbons (Fsp3) is 0.0667.